The molecule has 0 bridgehead atoms. The molecule has 2 fully saturated rings. The van der Waals surface area contributed by atoms with Crippen LogP contribution in [0.15, 0.2) is 48.5 Å². The molecule has 0 radical (unpaired) electrons. The highest BCUT2D eigenvalue weighted by molar-refractivity contribution is 6.32. The van der Waals surface area contributed by atoms with Gasteiger partial charge in [0.15, 0.2) is 0 Å². The van der Waals surface area contributed by atoms with Gasteiger partial charge in [-0.3, -0.25) is 4.79 Å². The number of carbonyl (C=O) groups is 1. The van der Waals surface area contributed by atoms with Gasteiger partial charge < -0.3 is 19.1 Å². The first-order chi connectivity index (χ1) is 15.0. The predicted molar refractivity (Wildman–Crippen MR) is 121 cm³/mol. The van der Waals surface area contributed by atoms with E-state index in [9.17, 15) is 4.79 Å². The highest BCUT2D eigenvalue weighted by Crippen LogP contribution is 2.44. The lowest BCUT2D eigenvalue weighted by Gasteiger charge is -2.48. The van der Waals surface area contributed by atoms with Gasteiger partial charge in [-0.05, 0) is 43.5 Å². The Balaban J connectivity index is 1.46. The number of halogens is 1. The number of benzene rings is 2. The number of ether oxygens (including phenoxy) is 3. The van der Waals surface area contributed by atoms with Crippen molar-refractivity contribution in [1.29, 1.82) is 0 Å². The smallest absolute Gasteiger partial charge is 0.253 e. The van der Waals surface area contributed by atoms with Crippen LogP contribution in [0.2, 0.25) is 5.02 Å². The van der Waals surface area contributed by atoms with Gasteiger partial charge in [-0.1, -0.05) is 41.9 Å². The second kappa shape index (κ2) is 9.60. The molecule has 0 aliphatic carbocycles. The first-order valence-electron chi connectivity index (χ1n) is 11.0. The lowest BCUT2D eigenvalue weighted by atomic mass is 9.80. The molecule has 2 heterocycles. The molecule has 166 valence electrons. The van der Waals surface area contributed by atoms with Gasteiger partial charge in [0.2, 0.25) is 0 Å². The lowest BCUT2D eigenvalue weighted by molar-refractivity contribution is -0.190. The molecule has 2 aromatic carbocycles. The van der Waals surface area contributed by atoms with Crippen LogP contribution < -0.4 is 4.74 Å². The Morgan fingerprint density at radius 2 is 1.94 bits per heavy atom. The number of hydrogen-bond donors (Lipinski definition) is 0. The molecule has 0 N–H and O–H groups in total. The van der Waals surface area contributed by atoms with Crippen molar-refractivity contribution in [1.82, 2.24) is 4.90 Å². The number of methoxy groups -OCH3 is 1. The maximum atomic E-state index is 13.0. The third kappa shape index (κ3) is 4.89. The average molecular weight is 444 g/mol. The van der Waals surface area contributed by atoms with Gasteiger partial charge in [-0.2, -0.15) is 0 Å². The van der Waals surface area contributed by atoms with Crippen LogP contribution in [-0.4, -0.2) is 49.3 Å². The summed E-state index contributed by atoms with van der Waals surface area (Å²) < 4.78 is 18.0. The second-order valence-electron chi connectivity index (χ2n) is 8.36. The molecule has 2 aromatic rings. The van der Waals surface area contributed by atoms with Gasteiger partial charge in [0.1, 0.15) is 5.75 Å². The number of piperidine rings is 1. The van der Waals surface area contributed by atoms with Crippen LogP contribution in [0.1, 0.15) is 54.6 Å². The molecular formula is C25H30ClNO4. The van der Waals surface area contributed by atoms with Crippen molar-refractivity contribution in [3.05, 3.63) is 64.7 Å². The molecular weight excluding hydrogens is 414 g/mol. The Hall–Kier alpha value is -2.08. The molecule has 1 spiro atoms. The fourth-order valence-corrected chi connectivity index (χ4v) is 5.05. The number of rotatable bonds is 5. The highest BCUT2D eigenvalue weighted by atomic mass is 35.5. The summed E-state index contributed by atoms with van der Waals surface area (Å²) in [6, 6.07) is 15.6. The van der Waals surface area contributed by atoms with Gasteiger partial charge in [-0.25, -0.2) is 0 Å². The van der Waals surface area contributed by atoms with Crippen LogP contribution in [0.25, 0.3) is 0 Å². The highest BCUT2D eigenvalue weighted by Gasteiger charge is 2.45. The number of carbonyl (C=O) groups excluding carboxylic acids is 1. The van der Waals surface area contributed by atoms with Gasteiger partial charge in [0.05, 0.1) is 29.9 Å². The largest absolute Gasteiger partial charge is 0.495 e. The summed E-state index contributed by atoms with van der Waals surface area (Å²) in [5.74, 6) is 0.566. The first-order valence-corrected chi connectivity index (χ1v) is 11.4. The summed E-state index contributed by atoms with van der Waals surface area (Å²) in [5, 5.41) is 0.447. The fraction of sp³-hybridized carbons (Fsp3) is 0.480. The Morgan fingerprint density at radius 3 is 2.58 bits per heavy atom. The lowest BCUT2D eigenvalue weighted by Crippen LogP contribution is -2.52. The molecule has 2 aliphatic rings. The van der Waals surface area contributed by atoms with E-state index in [1.54, 1.807) is 25.3 Å². The van der Waals surface area contributed by atoms with Crippen LogP contribution in [-0.2, 0) is 9.47 Å². The van der Waals surface area contributed by atoms with E-state index >= 15 is 0 Å². The van der Waals surface area contributed by atoms with Crippen molar-refractivity contribution < 1.29 is 19.0 Å². The monoisotopic (exact) mass is 443 g/mol. The summed E-state index contributed by atoms with van der Waals surface area (Å²) in [6.07, 6.45) is 3.54. The van der Waals surface area contributed by atoms with Crippen LogP contribution in [0.5, 0.6) is 5.75 Å². The summed E-state index contributed by atoms with van der Waals surface area (Å²) in [6.45, 7) is 4.05. The van der Waals surface area contributed by atoms with Crippen LogP contribution in [0, 0.1) is 0 Å². The van der Waals surface area contributed by atoms with Crippen molar-refractivity contribution in [2.24, 2.45) is 0 Å². The van der Waals surface area contributed by atoms with Crippen LogP contribution in [0.4, 0.5) is 0 Å². The summed E-state index contributed by atoms with van der Waals surface area (Å²) in [5.41, 5.74) is 1.52. The Kier molecular flexibility index (Phi) is 6.85. The van der Waals surface area contributed by atoms with Gasteiger partial charge in [-0.15, -0.1) is 0 Å². The third-order valence-corrected chi connectivity index (χ3v) is 6.70. The fourth-order valence-electron chi connectivity index (χ4n) is 4.79. The molecule has 1 amide bonds. The van der Waals surface area contributed by atoms with E-state index in [-0.39, 0.29) is 23.7 Å². The number of nitrogens with zero attached hydrogens (tertiary/aromatic N) is 1. The van der Waals surface area contributed by atoms with Crippen molar-refractivity contribution in [2.45, 2.75) is 50.4 Å². The molecule has 2 aliphatic heterocycles. The van der Waals surface area contributed by atoms with E-state index < -0.39 is 0 Å². The van der Waals surface area contributed by atoms with Crippen LogP contribution >= 0.6 is 11.6 Å². The maximum absolute atomic E-state index is 13.0. The molecule has 0 aromatic heterocycles. The summed E-state index contributed by atoms with van der Waals surface area (Å²) in [4.78, 5) is 14.9. The van der Waals surface area contributed by atoms with E-state index in [0.717, 1.165) is 25.7 Å². The third-order valence-electron chi connectivity index (χ3n) is 6.40. The number of hydrogen-bond acceptors (Lipinski definition) is 4. The SMILES string of the molecule is CCO[C@@H]1C[C@H](c2ccccc2)OC2(CCN(C(=O)c3ccc(OC)c(Cl)c3)CC2)C1. The standard InChI is InChI=1S/C25H30ClNO4/c1-3-30-20-16-23(18-7-5-4-6-8-18)31-25(17-20)11-13-27(14-12-25)24(28)19-9-10-22(29-2)21(26)15-19/h4-10,15,20,23H,3,11-14,16-17H2,1-2H3/t20-,23-/m1/s1. The van der Waals surface area contributed by atoms with Crippen molar-refractivity contribution >= 4 is 17.5 Å². The van der Waals surface area contributed by atoms with Crippen molar-refractivity contribution in [3.8, 4) is 5.75 Å². The quantitative estimate of drug-likeness (QED) is 0.630. The minimum Gasteiger partial charge on any atom is -0.495 e. The zero-order valence-electron chi connectivity index (χ0n) is 18.2. The van der Waals surface area contributed by atoms with Gasteiger partial charge >= 0.3 is 0 Å². The van der Waals surface area contributed by atoms with Crippen LogP contribution in [0.3, 0.4) is 0 Å². The van der Waals surface area contributed by atoms with Crippen molar-refractivity contribution in [2.75, 3.05) is 26.8 Å². The van der Waals surface area contributed by atoms with E-state index in [1.807, 2.05) is 17.9 Å². The van der Waals surface area contributed by atoms with E-state index in [1.165, 1.54) is 5.56 Å². The van der Waals surface area contributed by atoms with Crippen molar-refractivity contribution in [3.63, 3.8) is 0 Å². The maximum Gasteiger partial charge on any atom is 0.253 e. The Bertz CT molecular complexity index is 896. The molecule has 6 heteroatoms. The molecule has 0 saturated carbocycles. The zero-order valence-corrected chi connectivity index (χ0v) is 18.9. The summed E-state index contributed by atoms with van der Waals surface area (Å²) >= 11 is 6.22. The van der Waals surface area contributed by atoms with E-state index in [0.29, 0.717) is 36.0 Å². The number of likely N-dealkylation sites (tertiary alicyclic amines) is 1. The van der Waals surface area contributed by atoms with Gasteiger partial charge in [0.25, 0.3) is 5.91 Å². The Morgan fingerprint density at radius 1 is 1.19 bits per heavy atom. The van der Waals surface area contributed by atoms with E-state index in [4.69, 9.17) is 25.8 Å². The number of amides is 1. The zero-order chi connectivity index (χ0) is 21.8. The Labute approximate surface area is 189 Å². The average Bonchev–Trinajstić information content (AvgIpc) is 2.79. The molecule has 31 heavy (non-hydrogen) atoms. The van der Waals surface area contributed by atoms with Gasteiger partial charge in [0, 0.05) is 38.1 Å². The summed E-state index contributed by atoms with van der Waals surface area (Å²) in [7, 11) is 1.56. The first kappa shape index (κ1) is 22.1. The normalized spacial score (nSPS) is 23.0. The van der Waals surface area contributed by atoms with E-state index in [2.05, 4.69) is 24.3 Å². The minimum atomic E-state index is -0.257. The molecule has 4 rings (SSSR count). The molecule has 2 atom stereocenters. The molecule has 0 unspecified atom stereocenters. The predicted octanol–water partition coefficient (Wildman–Crippen LogP) is 5.28. The minimum absolute atomic E-state index is 0.00354. The molecule has 5 nitrogen and oxygen atoms in total. The second-order valence-corrected chi connectivity index (χ2v) is 8.77. The molecule has 2 saturated heterocycles. The topological polar surface area (TPSA) is 48.0 Å².